The summed E-state index contributed by atoms with van der Waals surface area (Å²) in [4.78, 5) is 1.24. The molecule has 0 aliphatic heterocycles. The van der Waals surface area contributed by atoms with E-state index in [1.165, 1.54) is 4.90 Å². The molecule has 4 heteroatoms. The lowest BCUT2D eigenvalue weighted by Gasteiger charge is -2.08. The van der Waals surface area contributed by atoms with E-state index in [-0.39, 0.29) is 0 Å². The van der Waals surface area contributed by atoms with Crippen LogP contribution in [-0.4, -0.2) is 12.4 Å². The van der Waals surface area contributed by atoms with Gasteiger partial charge in [-0.2, -0.15) is 0 Å². The maximum Gasteiger partial charge on any atom is 0.119 e. The molecular weight excluding hydrogens is 322 g/mol. The first kappa shape index (κ1) is 14.4. The van der Waals surface area contributed by atoms with Crippen LogP contribution in [0.4, 0.5) is 0 Å². The monoisotopic (exact) mass is 337 g/mol. The number of ether oxygens (including phenoxy) is 1. The lowest BCUT2D eigenvalue weighted by molar-refractivity contribution is 0.343. The fourth-order valence-electron chi connectivity index (χ4n) is 1.64. The van der Waals surface area contributed by atoms with Gasteiger partial charge < -0.3 is 10.5 Å². The molecule has 0 radical (unpaired) electrons. The highest BCUT2D eigenvalue weighted by molar-refractivity contribution is 9.10. The third-order valence-electron chi connectivity index (χ3n) is 2.58. The number of hydrogen-bond donors (Lipinski definition) is 1. The molecule has 2 aromatic rings. The summed E-state index contributed by atoms with van der Waals surface area (Å²) in [7, 11) is 0. The highest BCUT2D eigenvalue weighted by Crippen LogP contribution is 2.26. The number of rotatable bonds is 6. The molecule has 19 heavy (non-hydrogen) atoms. The molecule has 0 saturated heterocycles. The Hall–Kier alpha value is -0.970. The average molecular weight is 338 g/mol. The molecule has 2 aromatic carbocycles. The Balaban J connectivity index is 1.79. The van der Waals surface area contributed by atoms with Gasteiger partial charge in [0.15, 0.2) is 0 Å². The van der Waals surface area contributed by atoms with Crippen molar-refractivity contribution in [2.24, 2.45) is 5.73 Å². The molecule has 0 heterocycles. The van der Waals surface area contributed by atoms with Crippen LogP contribution in [0.15, 0.2) is 57.9 Å². The summed E-state index contributed by atoms with van der Waals surface area (Å²) in [6.45, 7) is 1.23. The van der Waals surface area contributed by atoms with Crippen molar-refractivity contribution >= 4 is 27.7 Å². The standard InChI is InChI=1S/C15H16BrNOS/c16-14-6-1-2-7-15(14)19-9-8-18-13-5-3-4-12(10-13)11-17/h1-7,10H,8-9,11,17H2. The van der Waals surface area contributed by atoms with Crippen LogP contribution in [0, 0.1) is 0 Å². The third kappa shape index (κ3) is 4.56. The van der Waals surface area contributed by atoms with E-state index in [2.05, 4.69) is 22.0 Å². The SMILES string of the molecule is NCc1cccc(OCCSc2ccccc2Br)c1. The third-order valence-corrected chi connectivity index (χ3v) is 4.57. The van der Waals surface area contributed by atoms with Crippen LogP contribution < -0.4 is 10.5 Å². The summed E-state index contributed by atoms with van der Waals surface area (Å²) >= 11 is 5.32. The van der Waals surface area contributed by atoms with Gasteiger partial charge in [0.2, 0.25) is 0 Å². The molecule has 0 bridgehead atoms. The van der Waals surface area contributed by atoms with Gasteiger partial charge in [-0.05, 0) is 45.8 Å². The van der Waals surface area contributed by atoms with E-state index in [0.717, 1.165) is 21.5 Å². The second-order valence-corrected chi connectivity index (χ2v) is 5.97. The van der Waals surface area contributed by atoms with Gasteiger partial charge in [0.1, 0.15) is 5.75 Å². The molecule has 0 aliphatic carbocycles. The van der Waals surface area contributed by atoms with Crippen LogP contribution >= 0.6 is 27.7 Å². The summed E-state index contributed by atoms with van der Waals surface area (Å²) in [5.74, 6) is 1.80. The average Bonchev–Trinajstić information content (AvgIpc) is 2.45. The maximum absolute atomic E-state index is 5.72. The fourth-order valence-corrected chi connectivity index (χ4v) is 3.03. The van der Waals surface area contributed by atoms with Crippen molar-refractivity contribution in [2.45, 2.75) is 11.4 Å². The minimum atomic E-state index is 0.545. The molecule has 2 nitrogen and oxygen atoms in total. The van der Waals surface area contributed by atoms with Crippen LogP contribution in [0.5, 0.6) is 5.75 Å². The second kappa shape index (κ2) is 7.58. The van der Waals surface area contributed by atoms with Crippen molar-refractivity contribution < 1.29 is 4.74 Å². The summed E-state index contributed by atoms with van der Waals surface area (Å²) in [5.41, 5.74) is 6.69. The van der Waals surface area contributed by atoms with Crippen molar-refractivity contribution in [1.82, 2.24) is 0 Å². The Labute approximate surface area is 126 Å². The van der Waals surface area contributed by atoms with E-state index in [1.807, 2.05) is 42.5 Å². The van der Waals surface area contributed by atoms with E-state index in [1.54, 1.807) is 11.8 Å². The van der Waals surface area contributed by atoms with E-state index >= 15 is 0 Å². The number of nitrogens with two attached hydrogens (primary N) is 1. The van der Waals surface area contributed by atoms with Crippen LogP contribution in [0.1, 0.15) is 5.56 Å². The Kier molecular flexibility index (Phi) is 5.76. The molecule has 0 fully saturated rings. The quantitative estimate of drug-likeness (QED) is 0.637. The van der Waals surface area contributed by atoms with E-state index in [4.69, 9.17) is 10.5 Å². The largest absolute Gasteiger partial charge is 0.493 e. The van der Waals surface area contributed by atoms with E-state index in [9.17, 15) is 0 Å². The van der Waals surface area contributed by atoms with Gasteiger partial charge in [-0.25, -0.2) is 0 Å². The zero-order valence-corrected chi connectivity index (χ0v) is 12.9. The molecule has 0 atom stereocenters. The Morgan fingerprint density at radius 1 is 1.11 bits per heavy atom. The van der Waals surface area contributed by atoms with Crippen molar-refractivity contribution in [3.05, 3.63) is 58.6 Å². The zero-order valence-electron chi connectivity index (χ0n) is 10.5. The summed E-state index contributed by atoms with van der Waals surface area (Å²) in [6.07, 6.45) is 0. The highest BCUT2D eigenvalue weighted by Gasteiger charge is 2.00. The molecular formula is C15H16BrNOS. The molecule has 0 aliphatic rings. The summed E-state index contributed by atoms with van der Waals surface area (Å²) < 4.78 is 6.85. The van der Waals surface area contributed by atoms with Crippen LogP contribution in [-0.2, 0) is 6.54 Å². The van der Waals surface area contributed by atoms with Gasteiger partial charge in [-0.1, -0.05) is 24.3 Å². The zero-order chi connectivity index (χ0) is 13.5. The van der Waals surface area contributed by atoms with Crippen molar-refractivity contribution in [3.8, 4) is 5.75 Å². The van der Waals surface area contributed by atoms with Gasteiger partial charge in [-0.3, -0.25) is 0 Å². The first-order valence-electron chi connectivity index (χ1n) is 6.09. The topological polar surface area (TPSA) is 35.2 Å². The number of halogens is 1. The van der Waals surface area contributed by atoms with Gasteiger partial charge in [0.25, 0.3) is 0 Å². The lowest BCUT2D eigenvalue weighted by Crippen LogP contribution is -2.01. The predicted octanol–water partition coefficient (Wildman–Crippen LogP) is 4.08. The summed E-state index contributed by atoms with van der Waals surface area (Å²) in [6, 6.07) is 16.1. The van der Waals surface area contributed by atoms with Crippen molar-refractivity contribution in [2.75, 3.05) is 12.4 Å². The Morgan fingerprint density at radius 3 is 2.74 bits per heavy atom. The van der Waals surface area contributed by atoms with Crippen LogP contribution in [0.3, 0.4) is 0 Å². The molecule has 0 unspecified atom stereocenters. The number of hydrogen-bond acceptors (Lipinski definition) is 3. The Morgan fingerprint density at radius 2 is 1.95 bits per heavy atom. The molecule has 0 amide bonds. The maximum atomic E-state index is 5.72. The predicted molar refractivity (Wildman–Crippen MR) is 84.7 cm³/mol. The first-order valence-corrected chi connectivity index (χ1v) is 7.86. The van der Waals surface area contributed by atoms with Gasteiger partial charge in [0.05, 0.1) is 6.61 Å². The normalized spacial score (nSPS) is 10.4. The molecule has 0 saturated carbocycles. The molecule has 2 N–H and O–H groups in total. The number of thioether (sulfide) groups is 1. The molecule has 0 aromatic heterocycles. The van der Waals surface area contributed by atoms with Crippen molar-refractivity contribution in [3.63, 3.8) is 0 Å². The van der Waals surface area contributed by atoms with Gasteiger partial charge in [0, 0.05) is 21.7 Å². The van der Waals surface area contributed by atoms with Crippen LogP contribution in [0.2, 0.25) is 0 Å². The lowest BCUT2D eigenvalue weighted by atomic mass is 10.2. The van der Waals surface area contributed by atoms with E-state index < -0.39 is 0 Å². The minimum Gasteiger partial charge on any atom is -0.493 e. The van der Waals surface area contributed by atoms with Gasteiger partial charge in [-0.15, -0.1) is 11.8 Å². The van der Waals surface area contributed by atoms with E-state index in [0.29, 0.717) is 13.2 Å². The molecule has 100 valence electrons. The molecule has 2 rings (SSSR count). The smallest absolute Gasteiger partial charge is 0.119 e. The highest BCUT2D eigenvalue weighted by atomic mass is 79.9. The van der Waals surface area contributed by atoms with Crippen LogP contribution in [0.25, 0.3) is 0 Å². The van der Waals surface area contributed by atoms with Gasteiger partial charge >= 0.3 is 0 Å². The van der Waals surface area contributed by atoms with Crippen molar-refractivity contribution in [1.29, 1.82) is 0 Å². The fraction of sp³-hybridized carbons (Fsp3) is 0.200. The summed E-state index contributed by atoms with van der Waals surface area (Å²) in [5, 5.41) is 0. The minimum absolute atomic E-state index is 0.545. The number of benzene rings is 2. The molecule has 0 spiro atoms. The second-order valence-electron chi connectivity index (χ2n) is 3.98. The first-order chi connectivity index (χ1) is 9.29. The Bertz CT molecular complexity index is 533.